The summed E-state index contributed by atoms with van der Waals surface area (Å²) in [7, 11) is 1.50. The third-order valence-corrected chi connectivity index (χ3v) is 2.51. The van der Waals surface area contributed by atoms with E-state index in [1.165, 1.54) is 25.8 Å². The highest BCUT2D eigenvalue weighted by molar-refractivity contribution is 5.96. The van der Waals surface area contributed by atoms with Crippen LogP contribution in [0.25, 0.3) is 0 Å². The Bertz CT molecular complexity index is 292. The first-order valence-corrected chi connectivity index (χ1v) is 4.93. The van der Waals surface area contributed by atoms with Crippen molar-refractivity contribution >= 4 is 11.9 Å². The molecule has 0 rings (SSSR count). The molecule has 0 heterocycles. The maximum absolute atomic E-state index is 11.8. The number of aliphatic carboxylic acids is 1. The number of amides is 1. The Kier molecular flexibility index (Phi) is 4.52. The number of rotatable bonds is 4. The first-order chi connectivity index (χ1) is 6.75. The Hall–Kier alpha value is -1.32. The molecule has 0 radical (unpaired) electrons. The Morgan fingerprint density at radius 3 is 2.20 bits per heavy atom. The van der Waals surface area contributed by atoms with Gasteiger partial charge in [-0.2, -0.15) is 0 Å². The summed E-state index contributed by atoms with van der Waals surface area (Å²) in [4.78, 5) is 24.0. The molecular weight excluding hydrogens is 194 g/mol. The fourth-order valence-corrected chi connectivity index (χ4v) is 1.06. The largest absolute Gasteiger partial charge is 0.480 e. The van der Waals surface area contributed by atoms with Gasteiger partial charge in [-0.25, -0.2) is 4.79 Å². The lowest BCUT2D eigenvalue weighted by molar-refractivity contribution is -0.153. The molecule has 0 fully saturated rings. The van der Waals surface area contributed by atoms with Gasteiger partial charge in [0.25, 0.3) is 0 Å². The quantitative estimate of drug-likeness (QED) is 0.722. The molecule has 4 heteroatoms. The van der Waals surface area contributed by atoms with E-state index in [2.05, 4.69) is 0 Å². The molecular formula is C11H19NO3. The van der Waals surface area contributed by atoms with Crippen LogP contribution in [0.1, 0.15) is 34.1 Å². The highest BCUT2D eigenvalue weighted by Gasteiger charge is 2.35. The minimum Gasteiger partial charge on any atom is -0.480 e. The maximum Gasteiger partial charge on any atom is 0.329 e. The topological polar surface area (TPSA) is 57.6 Å². The van der Waals surface area contributed by atoms with Gasteiger partial charge in [-0.05, 0) is 27.2 Å². The van der Waals surface area contributed by atoms with Crippen molar-refractivity contribution in [2.24, 2.45) is 0 Å². The minimum atomic E-state index is -1.18. The second-order valence-corrected chi connectivity index (χ2v) is 4.02. The summed E-state index contributed by atoms with van der Waals surface area (Å²) >= 11 is 0. The van der Waals surface area contributed by atoms with Crippen LogP contribution in [0.4, 0.5) is 0 Å². The third-order valence-electron chi connectivity index (χ3n) is 2.51. The predicted molar refractivity (Wildman–Crippen MR) is 58.5 cm³/mol. The number of hydrogen-bond donors (Lipinski definition) is 1. The zero-order chi connectivity index (χ0) is 12.2. The van der Waals surface area contributed by atoms with E-state index in [4.69, 9.17) is 5.11 Å². The van der Waals surface area contributed by atoms with Crippen LogP contribution in [0.2, 0.25) is 0 Å². The van der Waals surface area contributed by atoms with Crippen LogP contribution < -0.4 is 0 Å². The Morgan fingerprint density at radius 2 is 1.87 bits per heavy atom. The summed E-state index contributed by atoms with van der Waals surface area (Å²) in [6.45, 7) is 6.64. The van der Waals surface area contributed by atoms with Crippen LogP contribution in [0.3, 0.4) is 0 Å². The number of carbonyl (C=O) groups is 2. The Morgan fingerprint density at radius 1 is 1.40 bits per heavy atom. The minimum absolute atomic E-state index is 0.246. The molecule has 15 heavy (non-hydrogen) atoms. The van der Waals surface area contributed by atoms with Crippen LogP contribution in [0.5, 0.6) is 0 Å². The Labute approximate surface area is 90.6 Å². The van der Waals surface area contributed by atoms with Crippen LogP contribution in [-0.2, 0) is 9.59 Å². The molecule has 1 amide bonds. The molecule has 1 N–H and O–H groups in total. The predicted octanol–water partition coefficient (Wildman–Crippen LogP) is 1.66. The van der Waals surface area contributed by atoms with Crippen LogP contribution in [0.15, 0.2) is 11.6 Å². The van der Waals surface area contributed by atoms with E-state index in [-0.39, 0.29) is 5.91 Å². The molecule has 0 aliphatic carbocycles. The van der Waals surface area contributed by atoms with E-state index in [1.54, 1.807) is 13.0 Å². The van der Waals surface area contributed by atoms with Gasteiger partial charge in [-0.1, -0.05) is 13.0 Å². The van der Waals surface area contributed by atoms with E-state index in [0.29, 0.717) is 5.57 Å². The monoisotopic (exact) mass is 213 g/mol. The second-order valence-electron chi connectivity index (χ2n) is 4.02. The molecule has 0 aromatic heterocycles. The molecule has 0 saturated heterocycles. The van der Waals surface area contributed by atoms with Gasteiger partial charge in [0.2, 0.25) is 5.91 Å². The maximum atomic E-state index is 11.8. The van der Waals surface area contributed by atoms with Crippen LogP contribution >= 0.6 is 0 Å². The van der Waals surface area contributed by atoms with E-state index in [1.807, 2.05) is 6.92 Å². The highest BCUT2D eigenvalue weighted by atomic mass is 16.4. The SMILES string of the molecule is CCC=C(C)C(=O)N(C)C(C)(C)C(=O)O. The average molecular weight is 213 g/mol. The normalized spacial score (nSPS) is 12.5. The summed E-state index contributed by atoms with van der Waals surface area (Å²) in [5.74, 6) is -1.26. The van der Waals surface area contributed by atoms with Gasteiger partial charge < -0.3 is 10.0 Å². The summed E-state index contributed by atoms with van der Waals surface area (Å²) in [5, 5.41) is 8.96. The van der Waals surface area contributed by atoms with Gasteiger partial charge in [-0.15, -0.1) is 0 Å². The van der Waals surface area contributed by atoms with Gasteiger partial charge in [0, 0.05) is 12.6 Å². The number of carboxylic acid groups (broad SMARTS) is 1. The van der Waals surface area contributed by atoms with Gasteiger partial charge in [-0.3, -0.25) is 4.79 Å². The van der Waals surface area contributed by atoms with Crippen molar-refractivity contribution in [3.8, 4) is 0 Å². The van der Waals surface area contributed by atoms with E-state index in [0.717, 1.165) is 6.42 Å². The second kappa shape index (κ2) is 4.96. The number of carboxylic acids is 1. The van der Waals surface area contributed by atoms with Crippen molar-refractivity contribution in [3.63, 3.8) is 0 Å². The first kappa shape index (κ1) is 13.7. The number of carbonyl (C=O) groups excluding carboxylic acids is 1. The van der Waals surface area contributed by atoms with Crippen molar-refractivity contribution in [1.82, 2.24) is 4.90 Å². The Balaban J connectivity index is 4.87. The molecule has 0 bridgehead atoms. The van der Waals surface area contributed by atoms with Crippen molar-refractivity contribution in [2.45, 2.75) is 39.7 Å². The third kappa shape index (κ3) is 3.08. The van der Waals surface area contributed by atoms with Gasteiger partial charge >= 0.3 is 5.97 Å². The highest BCUT2D eigenvalue weighted by Crippen LogP contribution is 2.15. The zero-order valence-corrected chi connectivity index (χ0v) is 10.00. The molecule has 0 unspecified atom stereocenters. The number of hydrogen-bond acceptors (Lipinski definition) is 2. The molecule has 0 saturated carbocycles. The molecule has 0 aromatic rings. The van der Waals surface area contributed by atoms with E-state index < -0.39 is 11.5 Å². The smallest absolute Gasteiger partial charge is 0.329 e. The summed E-state index contributed by atoms with van der Waals surface area (Å²) in [6, 6.07) is 0. The van der Waals surface area contributed by atoms with Gasteiger partial charge in [0.05, 0.1) is 0 Å². The molecule has 0 aromatic carbocycles. The van der Waals surface area contributed by atoms with Gasteiger partial charge in [0.1, 0.15) is 5.54 Å². The average Bonchev–Trinajstić information content (AvgIpc) is 2.15. The molecule has 0 spiro atoms. The van der Waals surface area contributed by atoms with Crippen molar-refractivity contribution in [3.05, 3.63) is 11.6 Å². The first-order valence-electron chi connectivity index (χ1n) is 4.93. The van der Waals surface area contributed by atoms with Gasteiger partial charge in [0.15, 0.2) is 0 Å². The van der Waals surface area contributed by atoms with Crippen molar-refractivity contribution in [2.75, 3.05) is 7.05 Å². The lowest BCUT2D eigenvalue weighted by Crippen LogP contribution is -2.51. The molecule has 0 atom stereocenters. The van der Waals surface area contributed by atoms with E-state index >= 15 is 0 Å². The molecule has 0 aliphatic rings. The fraction of sp³-hybridized carbons (Fsp3) is 0.636. The number of nitrogens with zero attached hydrogens (tertiary/aromatic N) is 1. The van der Waals surface area contributed by atoms with Crippen LogP contribution in [-0.4, -0.2) is 34.5 Å². The fourth-order valence-electron chi connectivity index (χ4n) is 1.06. The van der Waals surface area contributed by atoms with Crippen molar-refractivity contribution in [1.29, 1.82) is 0 Å². The molecule has 0 aliphatic heterocycles. The van der Waals surface area contributed by atoms with E-state index in [9.17, 15) is 9.59 Å². The summed E-state index contributed by atoms with van der Waals surface area (Å²) < 4.78 is 0. The zero-order valence-electron chi connectivity index (χ0n) is 10.00. The molecule has 4 nitrogen and oxygen atoms in total. The summed E-state index contributed by atoms with van der Waals surface area (Å²) in [6.07, 6.45) is 2.55. The lowest BCUT2D eigenvalue weighted by atomic mass is 10.0. The van der Waals surface area contributed by atoms with Crippen LogP contribution in [0, 0.1) is 0 Å². The summed E-state index contributed by atoms with van der Waals surface area (Å²) in [5.41, 5.74) is -0.603. The molecule has 86 valence electrons. The standard InChI is InChI=1S/C11H19NO3/c1-6-7-8(2)9(13)12(5)11(3,4)10(14)15/h7H,6H2,1-5H3,(H,14,15). The van der Waals surface area contributed by atoms with Crippen molar-refractivity contribution < 1.29 is 14.7 Å². The lowest BCUT2D eigenvalue weighted by Gasteiger charge is -2.31. The number of likely N-dealkylation sites (N-methyl/N-ethyl adjacent to an activating group) is 1. The number of allylic oxidation sites excluding steroid dienone is 1.